The number of benzene rings is 1. The summed E-state index contributed by atoms with van der Waals surface area (Å²) in [6, 6.07) is 8.54. The van der Waals surface area contributed by atoms with Crippen LogP contribution >= 0.6 is 15.9 Å². The van der Waals surface area contributed by atoms with Crippen LogP contribution in [0.1, 0.15) is 40.5 Å². The van der Waals surface area contributed by atoms with E-state index in [-0.39, 0.29) is 24.7 Å². The van der Waals surface area contributed by atoms with Gasteiger partial charge in [0.2, 0.25) is 5.95 Å². The Morgan fingerprint density at radius 2 is 1.83 bits per heavy atom. The zero-order valence-electron chi connectivity index (χ0n) is 17.9. The topological polar surface area (TPSA) is 79.8 Å². The van der Waals surface area contributed by atoms with E-state index in [1.807, 2.05) is 24.3 Å². The molecule has 2 aliphatic rings. The van der Waals surface area contributed by atoms with Crippen molar-refractivity contribution < 1.29 is 5.11 Å². The van der Waals surface area contributed by atoms with E-state index in [9.17, 15) is 5.11 Å². The zero-order valence-corrected chi connectivity index (χ0v) is 19.5. The summed E-state index contributed by atoms with van der Waals surface area (Å²) in [6.45, 7) is 9.51. The van der Waals surface area contributed by atoms with Crippen LogP contribution in [0.5, 0.6) is 0 Å². The van der Waals surface area contributed by atoms with Crippen molar-refractivity contribution in [1.29, 1.82) is 0 Å². The summed E-state index contributed by atoms with van der Waals surface area (Å²) < 4.78 is 1.03. The number of aliphatic hydroxyl groups is 1. The van der Waals surface area contributed by atoms with E-state index in [1.54, 1.807) is 0 Å². The van der Waals surface area contributed by atoms with Crippen LogP contribution in [0.15, 0.2) is 28.7 Å². The highest BCUT2D eigenvalue weighted by molar-refractivity contribution is 9.10. The van der Waals surface area contributed by atoms with Gasteiger partial charge in [0.25, 0.3) is 0 Å². The number of aromatic nitrogens is 2. The molecule has 0 aliphatic carbocycles. The molecule has 3 N–H and O–H groups in total. The van der Waals surface area contributed by atoms with Gasteiger partial charge in [-0.2, -0.15) is 9.97 Å². The van der Waals surface area contributed by atoms with E-state index in [0.717, 1.165) is 46.9 Å². The standard InChI is InChI=1S/C21H30BrN7O/c1-13(2)28-18-19(23-16-9-7-15(22)8-10-16)24-21(27-11-5-6-17(27)12-30)25-20(18)29(26-28)14(3)4/h7-10,13-14,17,26,30H,5-6,11-12H2,1-4H3,(H,23,24,25)/t17-/m1/s1. The predicted molar refractivity (Wildman–Crippen MR) is 125 cm³/mol. The number of hydrogen-bond acceptors (Lipinski definition) is 8. The van der Waals surface area contributed by atoms with Gasteiger partial charge in [0.1, 0.15) is 5.69 Å². The van der Waals surface area contributed by atoms with E-state index in [1.165, 1.54) is 0 Å². The van der Waals surface area contributed by atoms with Crippen LogP contribution in [0.25, 0.3) is 0 Å². The van der Waals surface area contributed by atoms with Crippen molar-refractivity contribution in [1.82, 2.24) is 15.5 Å². The molecule has 0 amide bonds. The van der Waals surface area contributed by atoms with Gasteiger partial charge in [-0.05, 0) is 64.8 Å². The van der Waals surface area contributed by atoms with Crippen molar-refractivity contribution in [3.05, 3.63) is 28.7 Å². The molecule has 1 aromatic carbocycles. The number of hydrazine groups is 2. The van der Waals surface area contributed by atoms with Crippen molar-refractivity contribution in [3.63, 3.8) is 0 Å². The lowest BCUT2D eigenvalue weighted by Gasteiger charge is -2.27. The Labute approximate surface area is 186 Å². The molecule has 0 spiro atoms. The first kappa shape index (κ1) is 21.1. The molecule has 4 rings (SSSR count). The Morgan fingerprint density at radius 1 is 1.13 bits per heavy atom. The second-order valence-electron chi connectivity index (χ2n) is 8.38. The SMILES string of the molecule is CC(C)N1NN(C(C)C)c2c(Nc3ccc(Br)cc3)nc(N3CCC[C@@H]3CO)nc21. The molecular weight excluding hydrogens is 446 g/mol. The predicted octanol–water partition coefficient (Wildman–Crippen LogP) is 3.81. The molecular formula is C21H30BrN7O. The number of rotatable bonds is 6. The summed E-state index contributed by atoms with van der Waals surface area (Å²) in [5, 5.41) is 17.5. The molecule has 2 aromatic rings. The molecule has 30 heavy (non-hydrogen) atoms. The molecule has 1 atom stereocenters. The first-order chi connectivity index (χ1) is 14.4. The van der Waals surface area contributed by atoms with Crippen molar-refractivity contribution in [2.75, 3.05) is 33.4 Å². The normalized spacial score (nSPS) is 18.7. The maximum absolute atomic E-state index is 9.83. The van der Waals surface area contributed by atoms with Crippen LogP contribution in [0.4, 0.5) is 29.0 Å². The smallest absolute Gasteiger partial charge is 0.229 e. The fraction of sp³-hybridized carbons (Fsp3) is 0.524. The Balaban J connectivity index is 1.83. The second-order valence-corrected chi connectivity index (χ2v) is 9.29. The minimum atomic E-state index is 0.0617. The molecule has 1 saturated heterocycles. The number of aliphatic hydroxyl groups excluding tert-OH is 1. The number of hydrogen-bond donors (Lipinski definition) is 3. The average molecular weight is 476 g/mol. The summed E-state index contributed by atoms with van der Waals surface area (Å²) in [5.74, 6) is 2.26. The van der Waals surface area contributed by atoms with E-state index in [4.69, 9.17) is 9.97 Å². The first-order valence-corrected chi connectivity index (χ1v) is 11.3. The van der Waals surface area contributed by atoms with Gasteiger partial charge in [-0.15, -0.1) is 5.53 Å². The zero-order chi connectivity index (χ0) is 21.4. The van der Waals surface area contributed by atoms with Crippen LogP contribution in [-0.4, -0.2) is 46.4 Å². The summed E-state index contributed by atoms with van der Waals surface area (Å²) in [4.78, 5) is 12.0. The van der Waals surface area contributed by atoms with E-state index in [2.05, 4.69) is 69.4 Å². The molecule has 1 aromatic heterocycles. The Kier molecular flexibility index (Phi) is 6.04. The third-order valence-electron chi connectivity index (χ3n) is 5.52. The van der Waals surface area contributed by atoms with Crippen molar-refractivity contribution in [2.24, 2.45) is 0 Å². The number of halogens is 1. The van der Waals surface area contributed by atoms with Crippen LogP contribution in [0.3, 0.4) is 0 Å². The van der Waals surface area contributed by atoms with E-state index >= 15 is 0 Å². The third-order valence-corrected chi connectivity index (χ3v) is 6.05. The summed E-state index contributed by atoms with van der Waals surface area (Å²) >= 11 is 3.50. The Hall–Kier alpha value is -2.10. The van der Waals surface area contributed by atoms with Gasteiger partial charge >= 0.3 is 0 Å². The Bertz CT molecular complexity index is 890. The van der Waals surface area contributed by atoms with Crippen LogP contribution in [-0.2, 0) is 0 Å². The lowest BCUT2D eigenvalue weighted by Crippen LogP contribution is -2.50. The molecule has 8 nitrogen and oxygen atoms in total. The van der Waals surface area contributed by atoms with Crippen LogP contribution < -0.4 is 25.8 Å². The van der Waals surface area contributed by atoms with E-state index < -0.39 is 0 Å². The van der Waals surface area contributed by atoms with Gasteiger partial charge < -0.3 is 15.3 Å². The van der Waals surface area contributed by atoms with Gasteiger partial charge in [-0.1, -0.05) is 15.9 Å². The Morgan fingerprint density at radius 3 is 2.47 bits per heavy atom. The molecule has 162 valence electrons. The van der Waals surface area contributed by atoms with Crippen molar-refractivity contribution in [3.8, 4) is 0 Å². The quantitative estimate of drug-likeness (QED) is 0.581. The first-order valence-electron chi connectivity index (χ1n) is 10.6. The highest BCUT2D eigenvalue weighted by atomic mass is 79.9. The minimum absolute atomic E-state index is 0.0617. The molecule has 0 unspecified atom stereocenters. The maximum atomic E-state index is 9.83. The highest BCUT2D eigenvalue weighted by Gasteiger charge is 2.36. The van der Waals surface area contributed by atoms with Gasteiger partial charge in [0, 0.05) is 28.8 Å². The van der Waals surface area contributed by atoms with Crippen molar-refractivity contribution >= 4 is 44.9 Å². The summed E-state index contributed by atoms with van der Waals surface area (Å²) in [7, 11) is 0. The summed E-state index contributed by atoms with van der Waals surface area (Å²) in [6.07, 6.45) is 1.99. The van der Waals surface area contributed by atoms with Crippen molar-refractivity contribution in [2.45, 2.75) is 58.7 Å². The number of fused-ring (bicyclic) bond motifs is 1. The van der Waals surface area contributed by atoms with Gasteiger partial charge in [0.05, 0.1) is 12.6 Å². The van der Waals surface area contributed by atoms with E-state index in [0.29, 0.717) is 5.95 Å². The molecule has 0 saturated carbocycles. The molecule has 1 fully saturated rings. The lowest BCUT2D eigenvalue weighted by atomic mass is 10.2. The van der Waals surface area contributed by atoms with Crippen LogP contribution in [0.2, 0.25) is 0 Å². The molecule has 3 heterocycles. The molecule has 0 bridgehead atoms. The fourth-order valence-electron chi connectivity index (χ4n) is 3.94. The molecule has 0 radical (unpaired) electrons. The highest BCUT2D eigenvalue weighted by Crippen LogP contribution is 2.42. The van der Waals surface area contributed by atoms with Gasteiger partial charge in [-0.25, -0.2) is 0 Å². The maximum Gasteiger partial charge on any atom is 0.229 e. The second kappa shape index (κ2) is 8.56. The van der Waals surface area contributed by atoms with Gasteiger partial charge in [0.15, 0.2) is 11.6 Å². The largest absolute Gasteiger partial charge is 0.394 e. The molecule has 2 aliphatic heterocycles. The fourth-order valence-corrected chi connectivity index (χ4v) is 4.21. The monoisotopic (exact) mass is 475 g/mol. The average Bonchev–Trinajstić information content (AvgIpc) is 3.34. The number of anilines is 5. The third kappa shape index (κ3) is 3.93. The minimum Gasteiger partial charge on any atom is -0.394 e. The van der Waals surface area contributed by atoms with Crippen LogP contribution in [0, 0.1) is 0 Å². The lowest BCUT2D eigenvalue weighted by molar-refractivity contribution is 0.265. The summed E-state index contributed by atoms with van der Waals surface area (Å²) in [5.41, 5.74) is 5.37. The number of nitrogens with one attached hydrogen (secondary N) is 2. The molecule has 9 heteroatoms. The number of nitrogens with zero attached hydrogens (tertiary/aromatic N) is 5. The van der Waals surface area contributed by atoms with Gasteiger partial charge in [-0.3, -0.25) is 10.0 Å².